The number of nitro benzene ring substituents is 1. The predicted octanol–water partition coefficient (Wildman–Crippen LogP) is 3.67. The molecule has 0 aliphatic carbocycles. The van der Waals surface area contributed by atoms with Gasteiger partial charge in [0.25, 0.3) is 5.69 Å². The summed E-state index contributed by atoms with van der Waals surface area (Å²) in [5.41, 5.74) is 1.71. The van der Waals surface area contributed by atoms with Crippen molar-refractivity contribution >= 4 is 28.9 Å². The molecule has 0 spiro atoms. The molecule has 0 fully saturated rings. The Kier molecular flexibility index (Phi) is 5.18. The molecule has 120 valence electrons. The first-order valence-corrected chi connectivity index (χ1v) is 7.13. The smallest absolute Gasteiger partial charge is 0.338 e. The Labute approximate surface area is 138 Å². The number of esters is 1. The Bertz CT molecular complexity index is 747. The number of nitrogens with zero attached hydrogens (tertiary/aromatic N) is 2. The molecule has 0 heterocycles. The molecule has 0 aliphatic heterocycles. The first kappa shape index (κ1) is 16.8. The second kappa shape index (κ2) is 7.11. The minimum atomic E-state index is -0.533. The maximum Gasteiger partial charge on any atom is 0.338 e. The van der Waals surface area contributed by atoms with E-state index in [1.807, 2.05) is 25.1 Å². The minimum Gasteiger partial charge on any atom is -0.457 e. The fourth-order valence-corrected chi connectivity index (χ4v) is 2.13. The van der Waals surface area contributed by atoms with E-state index in [2.05, 4.69) is 0 Å². The molecular formula is C16H15ClN2O4. The predicted molar refractivity (Wildman–Crippen MR) is 88.0 cm³/mol. The molecule has 0 aromatic heterocycles. The molecule has 7 heteroatoms. The van der Waals surface area contributed by atoms with Crippen LogP contribution in [0.5, 0.6) is 0 Å². The zero-order valence-electron chi connectivity index (χ0n) is 12.7. The topological polar surface area (TPSA) is 72.7 Å². The first-order valence-electron chi connectivity index (χ1n) is 6.76. The third-order valence-corrected chi connectivity index (χ3v) is 3.56. The summed E-state index contributed by atoms with van der Waals surface area (Å²) in [6, 6.07) is 11.1. The molecule has 0 atom stereocenters. The fraction of sp³-hybridized carbons (Fsp3) is 0.188. The van der Waals surface area contributed by atoms with Crippen molar-refractivity contribution in [3.8, 4) is 0 Å². The van der Waals surface area contributed by atoms with Crippen LogP contribution in [0.1, 0.15) is 15.9 Å². The summed E-state index contributed by atoms with van der Waals surface area (Å²) in [5, 5.41) is 10.8. The van der Waals surface area contributed by atoms with E-state index in [-0.39, 0.29) is 17.3 Å². The fourth-order valence-electron chi connectivity index (χ4n) is 1.90. The molecule has 2 aromatic carbocycles. The minimum absolute atomic E-state index is 0.0537. The number of halogens is 1. The highest BCUT2D eigenvalue weighted by Crippen LogP contribution is 2.23. The van der Waals surface area contributed by atoms with E-state index in [4.69, 9.17) is 16.3 Å². The van der Waals surface area contributed by atoms with E-state index in [0.717, 1.165) is 5.69 Å². The van der Waals surface area contributed by atoms with Gasteiger partial charge in [-0.25, -0.2) is 4.79 Å². The molecule has 0 saturated heterocycles. The van der Waals surface area contributed by atoms with Gasteiger partial charge in [-0.15, -0.1) is 0 Å². The Balaban J connectivity index is 2.07. The molecule has 0 saturated carbocycles. The molecule has 0 radical (unpaired) electrons. The number of carbonyl (C=O) groups is 1. The SMILES string of the molecule is CN(C)c1cccc(C(=O)OCc2ccc([N+](=O)[O-])cc2Cl)c1. The normalized spacial score (nSPS) is 10.2. The molecule has 0 unspecified atom stereocenters. The van der Waals surface area contributed by atoms with Crippen molar-refractivity contribution in [2.45, 2.75) is 6.61 Å². The molecule has 6 nitrogen and oxygen atoms in total. The zero-order chi connectivity index (χ0) is 17.0. The number of nitro groups is 1. The summed E-state index contributed by atoms with van der Waals surface area (Å²) < 4.78 is 5.22. The van der Waals surface area contributed by atoms with Crippen molar-refractivity contribution < 1.29 is 14.5 Å². The van der Waals surface area contributed by atoms with Crippen molar-refractivity contribution in [3.63, 3.8) is 0 Å². The zero-order valence-corrected chi connectivity index (χ0v) is 13.4. The Morgan fingerprint density at radius 2 is 2.00 bits per heavy atom. The third kappa shape index (κ3) is 4.20. The summed E-state index contributed by atoms with van der Waals surface area (Å²) >= 11 is 5.97. The summed E-state index contributed by atoms with van der Waals surface area (Å²) in [5.74, 6) is -0.483. The van der Waals surface area contributed by atoms with Crippen molar-refractivity contribution in [2.75, 3.05) is 19.0 Å². The van der Waals surface area contributed by atoms with Crippen molar-refractivity contribution in [3.05, 3.63) is 68.7 Å². The number of ether oxygens (including phenoxy) is 1. The third-order valence-electron chi connectivity index (χ3n) is 3.20. The largest absolute Gasteiger partial charge is 0.457 e. The summed E-state index contributed by atoms with van der Waals surface area (Å²) in [6.45, 7) is -0.0537. The number of hydrogen-bond donors (Lipinski definition) is 0. The highest BCUT2D eigenvalue weighted by molar-refractivity contribution is 6.31. The number of anilines is 1. The molecule has 0 aliphatic rings. The van der Waals surface area contributed by atoms with Crippen molar-refractivity contribution in [1.29, 1.82) is 0 Å². The lowest BCUT2D eigenvalue weighted by Gasteiger charge is -2.13. The van der Waals surface area contributed by atoms with E-state index < -0.39 is 10.9 Å². The monoisotopic (exact) mass is 334 g/mol. The second-order valence-corrected chi connectivity index (χ2v) is 5.46. The van der Waals surface area contributed by atoms with E-state index in [1.54, 1.807) is 18.2 Å². The van der Waals surface area contributed by atoms with Crippen LogP contribution >= 0.6 is 11.6 Å². The van der Waals surface area contributed by atoms with Gasteiger partial charge < -0.3 is 9.64 Å². The van der Waals surface area contributed by atoms with Crippen LogP contribution in [0, 0.1) is 10.1 Å². The number of carbonyl (C=O) groups excluding carboxylic acids is 1. The van der Waals surface area contributed by atoms with Crippen molar-refractivity contribution in [2.24, 2.45) is 0 Å². The molecule has 0 bridgehead atoms. The van der Waals surface area contributed by atoms with Crippen LogP contribution in [0.4, 0.5) is 11.4 Å². The molecule has 2 aromatic rings. The lowest BCUT2D eigenvalue weighted by molar-refractivity contribution is -0.384. The van der Waals surface area contributed by atoms with Gasteiger partial charge >= 0.3 is 5.97 Å². The van der Waals surface area contributed by atoms with Gasteiger partial charge in [-0.05, 0) is 24.3 Å². The Morgan fingerprint density at radius 1 is 1.26 bits per heavy atom. The molecule has 23 heavy (non-hydrogen) atoms. The van der Waals surface area contributed by atoms with Gasteiger partial charge in [0.05, 0.1) is 15.5 Å². The summed E-state index contributed by atoms with van der Waals surface area (Å²) in [7, 11) is 3.75. The second-order valence-electron chi connectivity index (χ2n) is 5.05. The first-order chi connectivity index (χ1) is 10.9. The van der Waals surface area contributed by atoms with Crippen LogP contribution < -0.4 is 4.90 Å². The Morgan fingerprint density at radius 3 is 2.61 bits per heavy atom. The molecule has 0 N–H and O–H groups in total. The quantitative estimate of drug-likeness (QED) is 0.474. The molecule has 0 amide bonds. The standard InChI is InChI=1S/C16H15ClN2O4/c1-18(2)13-5-3-4-11(8-13)16(20)23-10-12-6-7-14(19(21)22)9-15(12)17/h3-9H,10H2,1-2H3. The van der Waals surface area contributed by atoms with Crippen LogP contribution in [0.25, 0.3) is 0 Å². The van der Waals surface area contributed by atoms with Gasteiger partial charge in [0.15, 0.2) is 0 Å². The van der Waals surface area contributed by atoms with Crippen LogP contribution in [0.2, 0.25) is 5.02 Å². The van der Waals surface area contributed by atoms with Gasteiger partial charge in [-0.3, -0.25) is 10.1 Å². The highest BCUT2D eigenvalue weighted by atomic mass is 35.5. The van der Waals surface area contributed by atoms with E-state index in [1.165, 1.54) is 18.2 Å². The summed E-state index contributed by atoms with van der Waals surface area (Å²) in [4.78, 5) is 24.1. The lowest BCUT2D eigenvalue weighted by Crippen LogP contribution is -2.11. The van der Waals surface area contributed by atoms with Crippen molar-refractivity contribution in [1.82, 2.24) is 0 Å². The van der Waals surface area contributed by atoms with E-state index >= 15 is 0 Å². The maximum atomic E-state index is 12.1. The number of non-ortho nitro benzene ring substituents is 1. The maximum absolute atomic E-state index is 12.1. The van der Waals surface area contributed by atoms with Crippen LogP contribution in [-0.4, -0.2) is 25.0 Å². The summed E-state index contributed by atoms with van der Waals surface area (Å²) in [6.07, 6.45) is 0. The molecular weight excluding hydrogens is 320 g/mol. The Hall–Kier alpha value is -2.60. The molecule has 2 rings (SSSR count). The van der Waals surface area contributed by atoms with Crippen LogP contribution in [-0.2, 0) is 11.3 Å². The van der Waals surface area contributed by atoms with Gasteiger partial charge in [0, 0.05) is 37.5 Å². The van der Waals surface area contributed by atoms with Gasteiger partial charge in [-0.2, -0.15) is 0 Å². The average Bonchev–Trinajstić information content (AvgIpc) is 2.53. The number of benzene rings is 2. The van der Waals surface area contributed by atoms with E-state index in [9.17, 15) is 14.9 Å². The van der Waals surface area contributed by atoms with Crippen LogP contribution in [0.15, 0.2) is 42.5 Å². The highest BCUT2D eigenvalue weighted by Gasteiger charge is 2.13. The lowest BCUT2D eigenvalue weighted by atomic mass is 10.2. The number of rotatable bonds is 5. The van der Waals surface area contributed by atoms with Gasteiger partial charge in [0.1, 0.15) is 6.61 Å². The average molecular weight is 335 g/mol. The van der Waals surface area contributed by atoms with Gasteiger partial charge in [-0.1, -0.05) is 17.7 Å². The number of hydrogen-bond acceptors (Lipinski definition) is 5. The van der Waals surface area contributed by atoms with Crippen LogP contribution in [0.3, 0.4) is 0 Å². The van der Waals surface area contributed by atoms with E-state index in [0.29, 0.717) is 11.1 Å². The van der Waals surface area contributed by atoms with Gasteiger partial charge in [0.2, 0.25) is 0 Å².